The third-order valence-electron chi connectivity index (χ3n) is 6.43. The minimum absolute atomic E-state index is 0.167. The number of carbonyl (C=O) groups is 1. The smallest absolute Gasteiger partial charge is 0.411 e. The normalized spacial score (nSPS) is 18.8. The molecule has 0 saturated carbocycles. The highest BCUT2D eigenvalue weighted by molar-refractivity contribution is 7.99. The molecule has 2 aromatic carbocycles. The van der Waals surface area contributed by atoms with Crippen LogP contribution in [0.4, 0.5) is 4.79 Å². The Morgan fingerprint density at radius 1 is 1.18 bits per heavy atom. The van der Waals surface area contributed by atoms with Gasteiger partial charge in [0.25, 0.3) is 0 Å². The molecule has 5 rings (SSSR count). The molecule has 0 radical (unpaired) electrons. The van der Waals surface area contributed by atoms with Crippen LogP contribution in [0.15, 0.2) is 73.1 Å². The molecule has 3 unspecified atom stereocenters. The number of thioether (sulfide) groups is 1. The van der Waals surface area contributed by atoms with Gasteiger partial charge >= 0.3 is 6.09 Å². The fraction of sp³-hybridized carbons (Fsp3) is 0.296. The van der Waals surface area contributed by atoms with Gasteiger partial charge in [-0.1, -0.05) is 50.2 Å². The van der Waals surface area contributed by atoms with Crippen molar-refractivity contribution in [2.24, 2.45) is 0 Å². The molecule has 1 fully saturated rings. The molecule has 2 aromatic heterocycles. The topological polar surface area (TPSA) is 71.1 Å². The highest BCUT2D eigenvalue weighted by Crippen LogP contribution is 2.47. The van der Waals surface area contributed by atoms with E-state index in [1.165, 1.54) is 5.56 Å². The number of fused-ring (bicyclic) bond motifs is 1. The number of imidazole rings is 1. The van der Waals surface area contributed by atoms with E-state index in [-0.39, 0.29) is 24.1 Å². The van der Waals surface area contributed by atoms with Gasteiger partial charge in [0, 0.05) is 18.1 Å². The van der Waals surface area contributed by atoms with Crippen LogP contribution in [0.1, 0.15) is 60.1 Å². The second-order valence-electron chi connectivity index (χ2n) is 8.64. The van der Waals surface area contributed by atoms with Gasteiger partial charge in [0.1, 0.15) is 23.8 Å². The minimum Gasteiger partial charge on any atom is -0.444 e. The van der Waals surface area contributed by atoms with E-state index < -0.39 is 0 Å². The Morgan fingerprint density at radius 3 is 2.74 bits per heavy atom. The molecule has 0 spiro atoms. The van der Waals surface area contributed by atoms with Crippen molar-refractivity contribution >= 4 is 28.9 Å². The summed E-state index contributed by atoms with van der Waals surface area (Å²) in [6, 6.07) is 19.8. The molecule has 1 saturated heterocycles. The van der Waals surface area contributed by atoms with Crippen molar-refractivity contribution in [3.8, 4) is 0 Å². The van der Waals surface area contributed by atoms with Crippen LogP contribution < -0.4 is 0 Å². The van der Waals surface area contributed by atoms with Crippen molar-refractivity contribution in [1.29, 1.82) is 0 Å². The molecular formula is C27H28N4O2S. The molecule has 3 atom stereocenters. The number of aromatic amines is 1. The summed E-state index contributed by atoms with van der Waals surface area (Å²) in [7, 11) is 0. The maximum atomic E-state index is 13.4. The van der Waals surface area contributed by atoms with Crippen LogP contribution in [0.5, 0.6) is 0 Å². The molecule has 1 aliphatic heterocycles. The molecular weight excluding hydrogens is 444 g/mol. The Balaban J connectivity index is 1.45. The lowest BCUT2D eigenvalue weighted by Gasteiger charge is -2.27. The number of pyridine rings is 1. The van der Waals surface area contributed by atoms with Crippen LogP contribution in [0.3, 0.4) is 0 Å². The van der Waals surface area contributed by atoms with Crippen molar-refractivity contribution < 1.29 is 9.53 Å². The molecule has 0 aliphatic carbocycles. The van der Waals surface area contributed by atoms with E-state index in [2.05, 4.69) is 42.0 Å². The minimum atomic E-state index is -0.346. The van der Waals surface area contributed by atoms with E-state index in [1.54, 1.807) is 24.2 Å². The number of nitrogens with one attached hydrogen (secondary N) is 1. The van der Waals surface area contributed by atoms with E-state index in [0.717, 1.165) is 40.2 Å². The monoisotopic (exact) mass is 472 g/mol. The first-order valence-corrected chi connectivity index (χ1v) is 12.7. The molecule has 3 heterocycles. The molecule has 1 N–H and O–H groups in total. The van der Waals surface area contributed by atoms with Crippen molar-refractivity contribution in [2.75, 3.05) is 5.75 Å². The Labute approximate surface area is 203 Å². The molecule has 4 aromatic rings. The SMILES string of the molecule is CCC(C)c1ccc2nc(C3CSC(c4ccncc4)N3C(=O)OCc3ccccc3)[nH]c2c1. The quantitative estimate of drug-likeness (QED) is 0.342. The number of benzene rings is 2. The van der Waals surface area contributed by atoms with E-state index in [1.807, 2.05) is 47.4 Å². The first kappa shape index (κ1) is 22.5. The number of hydrogen-bond acceptors (Lipinski definition) is 5. The standard InChI is InChI=1S/C27H28N4O2S/c1-3-18(2)21-9-10-22-23(15-21)30-25(29-22)24-17-34-26(20-11-13-28-14-12-20)31(24)27(32)33-16-19-7-5-4-6-8-19/h4-15,18,24,26H,3,16-17H2,1-2H3,(H,29,30). The van der Waals surface area contributed by atoms with E-state index in [4.69, 9.17) is 9.72 Å². The largest absolute Gasteiger partial charge is 0.444 e. The fourth-order valence-electron chi connectivity index (χ4n) is 4.27. The van der Waals surface area contributed by atoms with Crippen LogP contribution >= 0.6 is 11.8 Å². The summed E-state index contributed by atoms with van der Waals surface area (Å²) in [5.41, 5.74) is 5.19. The molecule has 6 nitrogen and oxygen atoms in total. The summed E-state index contributed by atoms with van der Waals surface area (Å²) in [6.07, 6.45) is 4.25. The molecule has 1 aliphatic rings. The summed E-state index contributed by atoms with van der Waals surface area (Å²) in [6.45, 7) is 4.66. The Hall–Kier alpha value is -3.32. The molecule has 174 valence electrons. The van der Waals surface area contributed by atoms with Gasteiger partial charge in [0.05, 0.1) is 11.0 Å². The second kappa shape index (κ2) is 9.89. The lowest BCUT2D eigenvalue weighted by molar-refractivity contribution is 0.0818. The molecule has 34 heavy (non-hydrogen) atoms. The highest BCUT2D eigenvalue weighted by atomic mass is 32.2. The number of carbonyl (C=O) groups excluding carboxylic acids is 1. The van der Waals surface area contributed by atoms with Gasteiger partial charge in [0.2, 0.25) is 0 Å². The Morgan fingerprint density at radius 2 is 1.97 bits per heavy atom. The maximum absolute atomic E-state index is 13.4. The first-order valence-electron chi connectivity index (χ1n) is 11.6. The fourth-order valence-corrected chi connectivity index (χ4v) is 5.69. The van der Waals surface area contributed by atoms with E-state index in [0.29, 0.717) is 5.92 Å². The number of rotatable bonds is 6. The van der Waals surface area contributed by atoms with Crippen LogP contribution in [-0.4, -0.2) is 31.7 Å². The number of hydrogen-bond donors (Lipinski definition) is 1. The van der Waals surface area contributed by atoms with Gasteiger partial charge < -0.3 is 9.72 Å². The third kappa shape index (κ3) is 4.53. The summed E-state index contributed by atoms with van der Waals surface area (Å²) in [4.78, 5) is 27.7. The van der Waals surface area contributed by atoms with Crippen LogP contribution in [0.25, 0.3) is 11.0 Å². The van der Waals surface area contributed by atoms with Crippen LogP contribution in [0.2, 0.25) is 0 Å². The average Bonchev–Trinajstić information content (AvgIpc) is 3.52. The predicted octanol–water partition coefficient (Wildman–Crippen LogP) is 6.60. The number of aromatic nitrogens is 3. The third-order valence-corrected chi connectivity index (χ3v) is 7.75. The summed E-state index contributed by atoms with van der Waals surface area (Å²) >= 11 is 1.72. The van der Waals surface area contributed by atoms with Gasteiger partial charge in [-0.2, -0.15) is 0 Å². The predicted molar refractivity (Wildman–Crippen MR) is 135 cm³/mol. The van der Waals surface area contributed by atoms with Gasteiger partial charge in [-0.15, -0.1) is 11.8 Å². The van der Waals surface area contributed by atoms with Crippen molar-refractivity contribution in [3.63, 3.8) is 0 Å². The highest BCUT2D eigenvalue weighted by Gasteiger charge is 2.42. The van der Waals surface area contributed by atoms with Crippen molar-refractivity contribution in [3.05, 3.63) is 95.6 Å². The van der Waals surface area contributed by atoms with Crippen molar-refractivity contribution in [2.45, 2.75) is 44.2 Å². The number of nitrogens with zero attached hydrogens (tertiary/aromatic N) is 3. The Kier molecular flexibility index (Phi) is 6.54. The molecule has 0 bridgehead atoms. The van der Waals surface area contributed by atoms with E-state index in [9.17, 15) is 4.79 Å². The number of H-pyrrole nitrogens is 1. The summed E-state index contributed by atoms with van der Waals surface area (Å²) in [5.74, 6) is 2.00. The van der Waals surface area contributed by atoms with Gasteiger partial charge in [-0.05, 0) is 53.3 Å². The first-order chi connectivity index (χ1) is 16.6. The molecule has 1 amide bonds. The zero-order valence-electron chi connectivity index (χ0n) is 19.3. The lowest BCUT2D eigenvalue weighted by atomic mass is 9.98. The number of amides is 1. The van der Waals surface area contributed by atoms with Crippen molar-refractivity contribution in [1.82, 2.24) is 19.9 Å². The van der Waals surface area contributed by atoms with Gasteiger partial charge in [0.15, 0.2) is 0 Å². The Bertz CT molecular complexity index is 1260. The maximum Gasteiger partial charge on any atom is 0.411 e. The molecule has 7 heteroatoms. The second-order valence-corrected chi connectivity index (χ2v) is 9.75. The summed E-state index contributed by atoms with van der Waals surface area (Å²) < 4.78 is 5.77. The van der Waals surface area contributed by atoms with Gasteiger partial charge in [-0.3, -0.25) is 9.88 Å². The lowest BCUT2D eigenvalue weighted by Crippen LogP contribution is -2.34. The number of ether oxygens (including phenoxy) is 1. The van der Waals surface area contributed by atoms with Crippen LogP contribution in [-0.2, 0) is 11.3 Å². The van der Waals surface area contributed by atoms with Crippen LogP contribution in [0, 0.1) is 0 Å². The van der Waals surface area contributed by atoms with E-state index >= 15 is 0 Å². The van der Waals surface area contributed by atoms with Gasteiger partial charge in [-0.25, -0.2) is 9.78 Å². The average molecular weight is 473 g/mol. The zero-order valence-corrected chi connectivity index (χ0v) is 20.2. The summed E-state index contributed by atoms with van der Waals surface area (Å²) in [5, 5.41) is -0.167. The zero-order chi connectivity index (χ0) is 23.5.